The summed E-state index contributed by atoms with van der Waals surface area (Å²) in [6.07, 6.45) is 6.72. The summed E-state index contributed by atoms with van der Waals surface area (Å²) in [5.74, 6) is 2.44. The molecule has 7 nitrogen and oxygen atoms in total. The maximum atomic E-state index is 5.89. The van der Waals surface area contributed by atoms with Gasteiger partial charge in [0.15, 0.2) is 16.7 Å². The molecule has 1 N–H and O–H groups in total. The molecule has 0 aromatic carbocycles. The molecule has 0 atom stereocenters. The summed E-state index contributed by atoms with van der Waals surface area (Å²) in [4.78, 5) is 14.7. The summed E-state index contributed by atoms with van der Waals surface area (Å²) in [6, 6.07) is 5.46. The first kappa shape index (κ1) is 17.1. The molecule has 0 aliphatic heterocycles. The highest BCUT2D eigenvalue weighted by Gasteiger charge is 2.11. The zero-order valence-electron chi connectivity index (χ0n) is 14.0. The number of likely N-dealkylation sites (N-methyl/N-ethyl adjacent to an activating group) is 1. The second kappa shape index (κ2) is 8.41. The van der Waals surface area contributed by atoms with Crippen LogP contribution >= 0.6 is 11.3 Å². The molecule has 0 amide bonds. The summed E-state index contributed by atoms with van der Waals surface area (Å²) in [7, 11) is 4.00. The quantitative estimate of drug-likeness (QED) is 0.662. The minimum Gasteiger partial charge on any atom is -0.488 e. The van der Waals surface area contributed by atoms with Crippen LogP contribution in [0, 0.1) is 0 Å². The topological polar surface area (TPSA) is 72.4 Å². The first-order valence-electron chi connectivity index (χ1n) is 7.72. The normalized spacial score (nSPS) is 10.7. The third-order valence-electron chi connectivity index (χ3n) is 3.15. The number of ether oxygens (including phenoxy) is 2. The van der Waals surface area contributed by atoms with Crippen LogP contribution in [-0.4, -0.2) is 47.1 Å². The summed E-state index contributed by atoms with van der Waals surface area (Å²) < 4.78 is 11.7. The molecule has 3 aromatic heterocycles. The van der Waals surface area contributed by atoms with E-state index in [4.69, 9.17) is 9.47 Å². The lowest BCUT2D eigenvalue weighted by Gasteiger charge is -2.15. The van der Waals surface area contributed by atoms with Gasteiger partial charge in [0.05, 0.1) is 12.4 Å². The highest BCUT2D eigenvalue weighted by atomic mass is 32.1. The number of nitrogens with zero attached hydrogens (tertiary/aromatic N) is 4. The molecule has 130 valence electrons. The smallest absolute Gasteiger partial charge is 0.188 e. The van der Waals surface area contributed by atoms with Crippen molar-refractivity contribution < 1.29 is 9.47 Å². The maximum absolute atomic E-state index is 5.89. The van der Waals surface area contributed by atoms with Gasteiger partial charge in [0.2, 0.25) is 0 Å². The van der Waals surface area contributed by atoms with Crippen LogP contribution in [0.3, 0.4) is 0 Å². The Morgan fingerprint density at radius 2 is 2.08 bits per heavy atom. The van der Waals surface area contributed by atoms with E-state index in [2.05, 4.69) is 25.2 Å². The van der Waals surface area contributed by atoms with E-state index in [9.17, 15) is 0 Å². The van der Waals surface area contributed by atoms with Crippen molar-refractivity contribution in [2.45, 2.75) is 0 Å². The van der Waals surface area contributed by atoms with Gasteiger partial charge < -0.3 is 19.7 Å². The first-order valence-corrected chi connectivity index (χ1v) is 8.60. The van der Waals surface area contributed by atoms with Gasteiger partial charge >= 0.3 is 0 Å². The van der Waals surface area contributed by atoms with E-state index in [-0.39, 0.29) is 0 Å². The van der Waals surface area contributed by atoms with Gasteiger partial charge in [-0.1, -0.05) is 0 Å². The van der Waals surface area contributed by atoms with Crippen LogP contribution < -0.4 is 14.8 Å². The van der Waals surface area contributed by atoms with Crippen LogP contribution in [0.15, 0.2) is 48.4 Å². The molecule has 0 fully saturated rings. The Hall–Kier alpha value is -2.71. The van der Waals surface area contributed by atoms with Gasteiger partial charge in [-0.05, 0) is 26.2 Å². The molecule has 0 aliphatic rings. The van der Waals surface area contributed by atoms with Gasteiger partial charge in [-0.2, -0.15) is 0 Å². The van der Waals surface area contributed by atoms with Crippen LogP contribution in [0.2, 0.25) is 0 Å². The third-order valence-corrected chi connectivity index (χ3v) is 3.84. The number of hydrogen-bond acceptors (Lipinski definition) is 8. The molecule has 0 saturated heterocycles. The molecule has 3 aromatic rings. The molecule has 8 heteroatoms. The van der Waals surface area contributed by atoms with E-state index in [1.807, 2.05) is 37.7 Å². The van der Waals surface area contributed by atoms with Crippen LogP contribution in [0.5, 0.6) is 17.2 Å². The molecule has 3 rings (SSSR count). The van der Waals surface area contributed by atoms with Crippen molar-refractivity contribution in [2.75, 3.05) is 32.6 Å². The Balaban J connectivity index is 1.78. The van der Waals surface area contributed by atoms with Gasteiger partial charge in [0.1, 0.15) is 18.1 Å². The van der Waals surface area contributed by atoms with E-state index in [1.54, 1.807) is 24.8 Å². The molecule has 0 spiro atoms. The summed E-state index contributed by atoms with van der Waals surface area (Å²) >= 11 is 1.50. The molecule has 0 bridgehead atoms. The number of nitrogens with one attached hydrogen (secondary N) is 1. The fourth-order valence-electron chi connectivity index (χ4n) is 1.95. The predicted molar refractivity (Wildman–Crippen MR) is 98.0 cm³/mol. The van der Waals surface area contributed by atoms with Crippen LogP contribution in [0.4, 0.5) is 10.9 Å². The van der Waals surface area contributed by atoms with Crippen molar-refractivity contribution in [3.8, 4) is 17.2 Å². The van der Waals surface area contributed by atoms with Crippen LogP contribution in [0.1, 0.15) is 0 Å². The number of rotatable bonds is 8. The minimum absolute atomic E-state index is 0.539. The predicted octanol–water partition coefficient (Wildman–Crippen LogP) is 3.41. The Kier molecular flexibility index (Phi) is 5.76. The summed E-state index contributed by atoms with van der Waals surface area (Å²) in [5, 5.41) is 5.82. The van der Waals surface area contributed by atoms with Crippen LogP contribution in [-0.2, 0) is 0 Å². The Bertz CT molecular complexity index is 781. The SMILES string of the molecule is CN(C)CCOc1cc(Oc2cccnc2)cnc1Nc1nccs1. The fourth-order valence-corrected chi connectivity index (χ4v) is 2.48. The fraction of sp³-hybridized carbons (Fsp3) is 0.235. The van der Waals surface area contributed by atoms with Gasteiger partial charge in [-0.25, -0.2) is 9.97 Å². The molecule has 0 radical (unpaired) electrons. The second-order valence-electron chi connectivity index (χ2n) is 5.42. The molecular formula is C17H19N5O2S. The Morgan fingerprint density at radius 3 is 2.80 bits per heavy atom. The Morgan fingerprint density at radius 1 is 1.16 bits per heavy atom. The zero-order chi connectivity index (χ0) is 17.5. The zero-order valence-corrected chi connectivity index (χ0v) is 14.9. The number of hydrogen-bond donors (Lipinski definition) is 1. The standard InChI is InChI=1S/C17H19N5O2S/c1-22(2)7-8-23-15-10-14(24-13-4-3-5-18-11-13)12-20-16(15)21-17-19-6-9-25-17/h3-6,9-12H,7-8H2,1-2H3,(H,19,20,21). The maximum Gasteiger partial charge on any atom is 0.188 e. The minimum atomic E-state index is 0.539. The van der Waals surface area contributed by atoms with Crippen molar-refractivity contribution in [3.05, 3.63) is 48.4 Å². The summed E-state index contributed by atoms with van der Waals surface area (Å²) in [5.41, 5.74) is 0. The highest BCUT2D eigenvalue weighted by molar-refractivity contribution is 7.13. The Labute approximate surface area is 150 Å². The van der Waals surface area contributed by atoms with Crippen molar-refractivity contribution >= 4 is 22.3 Å². The molecular weight excluding hydrogens is 338 g/mol. The number of aromatic nitrogens is 3. The van der Waals surface area contributed by atoms with Gasteiger partial charge in [0.25, 0.3) is 0 Å². The van der Waals surface area contributed by atoms with Gasteiger partial charge in [-0.15, -0.1) is 11.3 Å². The average molecular weight is 357 g/mol. The molecule has 0 saturated carbocycles. The number of anilines is 2. The molecule has 3 heterocycles. The van der Waals surface area contributed by atoms with Crippen molar-refractivity contribution in [1.29, 1.82) is 0 Å². The lowest BCUT2D eigenvalue weighted by Crippen LogP contribution is -2.19. The van der Waals surface area contributed by atoms with E-state index >= 15 is 0 Å². The van der Waals surface area contributed by atoms with E-state index in [1.165, 1.54) is 11.3 Å². The van der Waals surface area contributed by atoms with E-state index in [0.29, 0.717) is 29.7 Å². The number of thiazole rings is 1. The average Bonchev–Trinajstić information content (AvgIpc) is 3.11. The van der Waals surface area contributed by atoms with E-state index < -0.39 is 0 Å². The third kappa shape index (κ3) is 5.13. The second-order valence-corrected chi connectivity index (χ2v) is 6.32. The van der Waals surface area contributed by atoms with Gasteiger partial charge in [0, 0.05) is 30.4 Å². The highest BCUT2D eigenvalue weighted by Crippen LogP contribution is 2.31. The molecule has 0 unspecified atom stereocenters. The lowest BCUT2D eigenvalue weighted by atomic mass is 10.4. The van der Waals surface area contributed by atoms with E-state index in [0.717, 1.165) is 11.7 Å². The molecule has 0 aliphatic carbocycles. The summed E-state index contributed by atoms with van der Waals surface area (Å²) in [6.45, 7) is 1.34. The lowest BCUT2D eigenvalue weighted by molar-refractivity contribution is 0.261. The van der Waals surface area contributed by atoms with Crippen LogP contribution in [0.25, 0.3) is 0 Å². The molecule has 25 heavy (non-hydrogen) atoms. The van der Waals surface area contributed by atoms with Crippen molar-refractivity contribution in [3.63, 3.8) is 0 Å². The largest absolute Gasteiger partial charge is 0.488 e. The number of pyridine rings is 2. The van der Waals surface area contributed by atoms with Crippen molar-refractivity contribution in [2.24, 2.45) is 0 Å². The monoisotopic (exact) mass is 357 g/mol. The van der Waals surface area contributed by atoms with Crippen molar-refractivity contribution in [1.82, 2.24) is 19.9 Å². The first-order chi connectivity index (χ1) is 12.2. The van der Waals surface area contributed by atoms with Gasteiger partial charge in [-0.3, -0.25) is 4.98 Å².